The molecule has 0 bridgehead atoms. The normalized spacial score (nSPS) is 14.7. The summed E-state index contributed by atoms with van der Waals surface area (Å²) in [7, 11) is -14.3. The lowest BCUT2D eigenvalue weighted by molar-refractivity contribution is -0.177. The Kier molecular flexibility index (Phi) is 38.2. The van der Waals surface area contributed by atoms with Crippen molar-refractivity contribution in [1.29, 1.82) is 0 Å². The molecule has 0 aromatic heterocycles. The number of phenols is 4. The van der Waals surface area contributed by atoms with Gasteiger partial charge in [-0.3, -0.25) is 32.3 Å². The topological polar surface area (TPSA) is 322 Å². The molecule has 1 aliphatic rings. The van der Waals surface area contributed by atoms with Crippen LogP contribution in [-0.4, -0.2) is 91.3 Å². The van der Waals surface area contributed by atoms with E-state index < -0.39 is 72.6 Å². The smallest absolute Gasteiger partial charge is 0.373 e. The first-order chi connectivity index (χ1) is 62.9. The van der Waals surface area contributed by atoms with Gasteiger partial charge in [0.2, 0.25) is 13.6 Å². The van der Waals surface area contributed by atoms with Gasteiger partial charge < -0.3 is 72.3 Å². The van der Waals surface area contributed by atoms with Crippen molar-refractivity contribution < 1.29 is 105 Å². The van der Waals surface area contributed by atoms with Crippen LogP contribution in [0.1, 0.15) is 227 Å². The van der Waals surface area contributed by atoms with Crippen LogP contribution in [0.25, 0.3) is 0 Å². The maximum absolute atomic E-state index is 13.5. The minimum atomic E-state index is -4.04. The van der Waals surface area contributed by atoms with Gasteiger partial charge in [-0.05, 0) is 355 Å². The fourth-order valence-electron chi connectivity index (χ4n) is 15.1. The molecular weight excluding hydrogens is 1770 g/mol. The first-order valence-electron chi connectivity index (χ1n) is 44.9. The summed E-state index contributed by atoms with van der Waals surface area (Å²) in [6, 6.07) is 66.2. The largest absolute Gasteiger partial charge is 0.797 e. The van der Waals surface area contributed by atoms with Gasteiger partial charge in [0, 0.05) is 34.0 Å². The molecule has 718 valence electrons. The molecule has 134 heavy (non-hydrogen) atoms. The Hall–Kier alpha value is -10.6. The molecule has 11 aromatic carbocycles. The zero-order valence-corrected chi connectivity index (χ0v) is 84.8. The maximum atomic E-state index is 13.5. The highest BCUT2D eigenvalue weighted by molar-refractivity contribution is 7.55. The average molecular weight is 1910 g/mol. The van der Waals surface area contributed by atoms with E-state index in [4.69, 9.17) is 46.5 Å². The van der Waals surface area contributed by atoms with Crippen molar-refractivity contribution in [2.75, 3.05) is 58.9 Å². The highest BCUT2D eigenvalue weighted by Crippen LogP contribution is 2.56. The summed E-state index contributed by atoms with van der Waals surface area (Å²) in [5.41, 5.74) is 24.0. The van der Waals surface area contributed by atoms with Crippen molar-refractivity contribution in [3.63, 3.8) is 0 Å². The molecule has 2 unspecified atom stereocenters. The van der Waals surface area contributed by atoms with E-state index in [0.29, 0.717) is 72.5 Å². The van der Waals surface area contributed by atoms with Gasteiger partial charge in [0.15, 0.2) is 12.7 Å². The van der Waals surface area contributed by atoms with Crippen LogP contribution in [0.4, 0.5) is 0 Å². The second-order valence-corrected chi connectivity index (χ2v) is 46.0. The van der Waals surface area contributed by atoms with Crippen LogP contribution in [-0.2, 0) is 93.9 Å². The molecule has 0 radical (unpaired) electrons. The predicted molar refractivity (Wildman–Crippen MR) is 527 cm³/mol. The number of hydrogen-bond donors (Lipinski definition) is 4. The quantitative estimate of drug-likeness (QED) is 0.0169. The van der Waals surface area contributed by atoms with Crippen molar-refractivity contribution in [2.45, 2.75) is 194 Å². The molecule has 0 saturated carbocycles. The van der Waals surface area contributed by atoms with E-state index in [1.165, 1.54) is 30.0 Å². The molecule has 0 aliphatic carbocycles. The fourth-order valence-corrected chi connectivity index (χ4v) is 18.4. The number of aryl methyl sites for hydroxylation is 9. The van der Waals surface area contributed by atoms with Crippen molar-refractivity contribution in [3.8, 4) is 46.0 Å². The summed E-state index contributed by atoms with van der Waals surface area (Å²) in [4.78, 5) is 46.9. The maximum Gasteiger partial charge on any atom is 0.373 e. The Morgan fingerprint density at radius 1 is 0.410 bits per heavy atom. The lowest BCUT2D eigenvalue weighted by Gasteiger charge is -2.30. The van der Waals surface area contributed by atoms with Crippen LogP contribution < -0.4 is 28.7 Å². The number of carbonyl (C=O) groups is 2. The summed E-state index contributed by atoms with van der Waals surface area (Å²) in [5.74, 6) is 2.89. The number of hydrogen-bond acceptors (Lipinski definition) is 22. The highest BCUT2D eigenvalue weighted by Gasteiger charge is 2.36. The van der Waals surface area contributed by atoms with Gasteiger partial charge in [-0.1, -0.05) is 167 Å². The predicted octanol–water partition coefficient (Wildman–Crippen LogP) is 24.7. The van der Waals surface area contributed by atoms with E-state index in [9.17, 15) is 58.1 Å². The van der Waals surface area contributed by atoms with E-state index in [-0.39, 0.29) is 42.7 Å². The van der Waals surface area contributed by atoms with E-state index in [0.717, 1.165) is 136 Å². The number of ether oxygens (including phenoxy) is 6. The molecule has 1 saturated heterocycles. The molecule has 4 N–H and O–H groups in total. The third kappa shape index (κ3) is 33.5. The lowest BCUT2D eigenvalue weighted by atomic mass is 9.93. The van der Waals surface area contributed by atoms with Crippen molar-refractivity contribution in [3.05, 3.63) is 340 Å². The molecular formula is C108H132O22P4-2. The molecule has 0 amide bonds. The number of carbonyl (C=O) groups excluding carboxylic acids is 2. The molecule has 1 aliphatic heterocycles. The zero-order valence-electron chi connectivity index (χ0n) is 81.2. The van der Waals surface area contributed by atoms with Crippen molar-refractivity contribution in [2.24, 2.45) is 10.8 Å². The first kappa shape index (κ1) is 107. The molecule has 26 heteroatoms. The monoisotopic (exact) mass is 1900 g/mol. The lowest BCUT2D eigenvalue weighted by Crippen LogP contribution is -2.25. The Labute approximate surface area is 791 Å². The highest BCUT2D eigenvalue weighted by atomic mass is 31.2. The summed E-state index contributed by atoms with van der Waals surface area (Å²) in [5, 5.41) is 40.8. The minimum Gasteiger partial charge on any atom is -0.797 e. The zero-order chi connectivity index (χ0) is 98.4. The molecule has 12 rings (SSSR count). The summed E-state index contributed by atoms with van der Waals surface area (Å²) in [6.07, 6.45) is 3.38. The van der Waals surface area contributed by atoms with Gasteiger partial charge >= 0.3 is 27.1 Å². The van der Waals surface area contributed by atoms with Gasteiger partial charge in [-0.25, -0.2) is 0 Å². The van der Waals surface area contributed by atoms with Gasteiger partial charge in [0.25, 0.3) is 0 Å². The summed E-state index contributed by atoms with van der Waals surface area (Å²) >= 11 is 0. The molecule has 1 fully saturated rings. The standard InChI is InChI=1S/C35H45O9P.C29H35O5P.C24H27O4P.C20H27O4P/c1-24-16-29(17-25(2)30(24)20-27-14-15-31(36)28(19-27)18-26-12-10-9-11-13-26)42-23-45(39,43-21-40-32(37)34(3,4)5)44-22-41-33(38)35(6,7)8;1-19(2)26-16-23(9-10-28(26)30)17-27-21(4)14-25(15-22(27)5)32-18-35(31)33-12-11-29(34-35)24-8-6-7-20(3)13-24;1-17-11-22(28-16-29(3,26)27)12-18(2)23(17)15-20-9-10-24(25)21(14-20)13-19-7-5-4-6-8-19;1-13(2)18-10-16(6-7-20(18)21)11-19-14(3)8-17(9-15(19)4)24-12-25(5,22)23/h9-17,19,36H,18,20-23H2,1-8H3;6-10,13-16,19,29-30H,11-12,17-18H2,1-5H3;4-12,14,25H,13,15-16H2,1-3H3,(H,26,27);6-10,13,21H,11-12H2,1-5H3,(H,22,23)/p-2/t;29-,35-;;/m.0../s1. The number of aromatic hydroxyl groups is 4. The van der Waals surface area contributed by atoms with E-state index in [1.54, 1.807) is 65.8 Å². The third-order valence-electron chi connectivity index (χ3n) is 22.6. The van der Waals surface area contributed by atoms with Crippen molar-refractivity contribution >= 4 is 41.9 Å². The summed E-state index contributed by atoms with van der Waals surface area (Å²) in [6.45, 7) is 37.9. The summed E-state index contributed by atoms with van der Waals surface area (Å²) < 4.78 is 105. The van der Waals surface area contributed by atoms with Crippen LogP contribution in [0.3, 0.4) is 0 Å². The Morgan fingerprint density at radius 2 is 0.739 bits per heavy atom. The Balaban J connectivity index is 0.000000205. The van der Waals surface area contributed by atoms with Gasteiger partial charge in [0.05, 0.1) is 23.5 Å². The van der Waals surface area contributed by atoms with E-state index in [2.05, 4.69) is 71.9 Å². The minimum absolute atomic E-state index is 0.122. The second-order valence-electron chi connectivity index (χ2n) is 37.5. The van der Waals surface area contributed by atoms with Crippen LogP contribution in [0, 0.1) is 73.1 Å². The number of phenolic OH excluding ortho intramolecular Hbond substituents is 4. The van der Waals surface area contributed by atoms with Crippen LogP contribution in [0.5, 0.6) is 46.0 Å². The van der Waals surface area contributed by atoms with Crippen LogP contribution >= 0.6 is 29.9 Å². The fraction of sp³-hybridized carbons (Fsp3) is 0.370. The number of benzene rings is 11. The average Bonchev–Trinajstić information content (AvgIpc) is 0.797. The Bertz CT molecular complexity index is 5930. The number of rotatable bonds is 33. The molecule has 1 heterocycles. The SMILES string of the molecule is Cc1cc(OCP(=O)(OCOC(=O)C(C)(C)C)OCOC(=O)C(C)(C)C)cc(C)c1Cc1ccc(O)c(Cc2ccccc2)c1.Cc1cc(OCP(C)(=O)[O-])cc(C)c1Cc1ccc(O)c(C(C)C)c1.Cc1cc(OCP(C)(=O)[O-])cc(C)c1Cc1ccc(O)c(Cc2ccccc2)c1.Cc1cccc([C@@H]2CCO[P@@](=O)(COc3cc(C)c(Cc4ccc(O)c(C(C)C)c4)c(C)c3)O2)c1. The second kappa shape index (κ2) is 47.8. The van der Waals surface area contributed by atoms with Crippen LogP contribution in [0.15, 0.2) is 206 Å². The van der Waals surface area contributed by atoms with E-state index in [1.807, 2.05) is 200 Å². The van der Waals surface area contributed by atoms with Crippen molar-refractivity contribution in [1.82, 2.24) is 0 Å². The van der Waals surface area contributed by atoms with Gasteiger partial charge in [-0.15, -0.1) is 0 Å². The molecule has 22 nitrogen and oxygen atoms in total. The van der Waals surface area contributed by atoms with Gasteiger partial charge in [-0.2, -0.15) is 0 Å². The molecule has 11 aromatic rings. The number of esters is 2. The Morgan fingerprint density at radius 3 is 1.07 bits per heavy atom. The first-order valence-corrected chi connectivity index (χ1v) is 52.9. The molecule has 0 spiro atoms. The van der Waals surface area contributed by atoms with Gasteiger partial charge in [0.1, 0.15) is 58.7 Å². The van der Waals surface area contributed by atoms with E-state index >= 15 is 0 Å². The third-order valence-corrected chi connectivity index (χ3v) is 26.8. The molecule has 4 atom stereocenters. The van der Waals surface area contributed by atoms with Crippen LogP contribution in [0.2, 0.25) is 0 Å².